The van der Waals surface area contributed by atoms with Gasteiger partial charge in [-0.1, -0.05) is 26.0 Å². The van der Waals surface area contributed by atoms with E-state index in [-0.39, 0.29) is 5.16 Å². The third kappa shape index (κ3) is 1.71. The molecule has 70 valence electrons. The van der Waals surface area contributed by atoms with E-state index >= 15 is 0 Å². The Hall–Kier alpha value is -0.550. The van der Waals surface area contributed by atoms with E-state index in [0.29, 0.717) is 0 Å². The van der Waals surface area contributed by atoms with Gasteiger partial charge in [0.1, 0.15) is 0 Å². The molecule has 0 spiro atoms. The van der Waals surface area contributed by atoms with Crippen LogP contribution in [0.25, 0.3) is 0 Å². The number of fused-ring (bicyclic) bond motifs is 1. The van der Waals surface area contributed by atoms with Crippen LogP contribution < -0.4 is 5.32 Å². The quantitative estimate of drug-likeness (QED) is 0.676. The normalized spacial score (nSPS) is 15.3. The Morgan fingerprint density at radius 1 is 1.38 bits per heavy atom. The minimum absolute atomic E-state index is 0.192. The number of hydrogen-bond donors (Lipinski definition) is 1. The lowest BCUT2D eigenvalue weighted by Gasteiger charge is -2.19. The Morgan fingerprint density at radius 3 is 2.85 bits per heavy atom. The van der Waals surface area contributed by atoms with Gasteiger partial charge in [-0.15, -0.1) is 9.24 Å². The predicted molar refractivity (Wildman–Crippen MR) is 61.4 cm³/mol. The highest BCUT2D eigenvalue weighted by Crippen LogP contribution is 2.33. The van der Waals surface area contributed by atoms with Crippen molar-refractivity contribution in [2.45, 2.75) is 25.4 Å². The number of rotatable bonds is 1. The lowest BCUT2D eigenvalue weighted by atomic mass is 9.99. The molecule has 0 saturated carbocycles. The summed E-state index contributed by atoms with van der Waals surface area (Å²) in [4.78, 5) is 0. The fourth-order valence-corrected chi connectivity index (χ4v) is 1.89. The number of hydrogen-bond acceptors (Lipinski definition) is 1. The highest BCUT2D eigenvalue weighted by Gasteiger charge is 2.17. The molecule has 13 heavy (non-hydrogen) atoms. The van der Waals surface area contributed by atoms with Crippen LogP contribution in [0.4, 0.5) is 5.69 Å². The first-order valence-electron chi connectivity index (χ1n) is 4.73. The summed E-state index contributed by atoms with van der Waals surface area (Å²) in [6.07, 6.45) is 1.17. The molecule has 1 unspecified atom stereocenters. The average molecular weight is 193 g/mol. The Balaban J connectivity index is 2.42. The van der Waals surface area contributed by atoms with E-state index in [2.05, 4.69) is 46.6 Å². The highest BCUT2D eigenvalue weighted by atomic mass is 31.0. The summed E-state index contributed by atoms with van der Waals surface area (Å²) < 4.78 is 0. The number of anilines is 1. The van der Waals surface area contributed by atoms with Gasteiger partial charge >= 0.3 is 0 Å². The third-order valence-electron chi connectivity index (χ3n) is 2.56. The van der Waals surface area contributed by atoms with Gasteiger partial charge in [0.05, 0.1) is 0 Å². The third-order valence-corrected chi connectivity index (χ3v) is 2.89. The van der Waals surface area contributed by atoms with Gasteiger partial charge in [-0.05, 0) is 23.6 Å². The van der Waals surface area contributed by atoms with Crippen molar-refractivity contribution in [3.05, 3.63) is 29.3 Å². The van der Waals surface area contributed by atoms with Crippen molar-refractivity contribution in [1.82, 2.24) is 0 Å². The molecule has 1 aromatic carbocycles. The lowest BCUT2D eigenvalue weighted by Crippen LogP contribution is -2.06. The minimum Gasteiger partial charge on any atom is -0.384 e. The molecule has 0 fully saturated rings. The summed E-state index contributed by atoms with van der Waals surface area (Å²) in [5.74, 6) is 0. The van der Waals surface area contributed by atoms with Gasteiger partial charge in [0.15, 0.2) is 0 Å². The van der Waals surface area contributed by atoms with Gasteiger partial charge in [0.25, 0.3) is 0 Å². The summed E-state index contributed by atoms with van der Waals surface area (Å²) in [7, 11) is 2.89. The van der Waals surface area contributed by atoms with Crippen LogP contribution in [0.3, 0.4) is 0 Å². The monoisotopic (exact) mass is 193 g/mol. The summed E-state index contributed by atoms with van der Waals surface area (Å²) in [6, 6.07) is 6.73. The van der Waals surface area contributed by atoms with Gasteiger partial charge in [0, 0.05) is 17.4 Å². The van der Waals surface area contributed by atoms with Gasteiger partial charge in [-0.2, -0.15) is 0 Å². The van der Waals surface area contributed by atoms with E-state index < -0.39 is 0 Å². The van der Waals surface area contributed by atoms with Gasteiger partial charge < -0.3 is 5.32 Å². The van der Waals surface area contributed by atoms with E-state index in [4.69, 9.17) is 0 Å². The Kier molecular flexibility index (Phi) is 2.08. The van der Waals surface area contributed by atoms with E-state index in [1.165, 1.54) is 23.2 Å². The van der Waals surface area contributed by atoms with Crippen LogP contribution in [-0.4, -0.2) is 6.54 Å². The molecule has 0 bridgehead atoms. The summed E-state index contributed by atoms with van der Waals surface area (Å²) >= 11 is 0. The van der Waals surface area contributed by atoms with E-state index in [1.54, 1.807) is 0 Å². The molecule has 0 aromatic heterocycles. The first kappa shape index (κ1) is 9.02. The zero-order valence-corrected chi connectivity index (χ0v) is 9.38. The maximum Gasteiger partial charge on any atom is 0.0373 e. The first-order chi connectivity index (χ1) is 6.07. The molecule has 0 aliphatic carbocycles. The second kappa shape index (κ2) is 2.99. The van der Waals surface area contributed by atoms with E-state index in [1.807, 2.05) is 0 Å². The molecule has 1 heterocycles. The fraction of sp³-hybridized carbons (Fsp3) is 0.455. The average Bonchev–Trinajstić information content (AvgIpc) is 2.47. The predicted octanol–water partition coefficient (Wildman–Crippen LogP) is 2.76. The summed E-state index contributed by atoms with van der Waals surface area (Å²) in [5.41, 5.74) is 4.19. The second-order valence-electron chi connectivity index (χ2n) is 4.27. The SMILES string of the molecule is CC(C)(P)c1ccc2c(c1)CCN2. The Bertz CT molecular complexity index is 325. The van der Waals surface area contributed by atoms with Crippen molar-refractivity contribution in [2.24, 2.45) is 0 Å². The molecule has 1 N–H and O–H groups in total. The van der Waals surface area contributed by atoms with Crippen LogP contribution in [0, 0.1) is 0 Å². The van der Waals surface area contributed by atoms with Crippen LogP contribution in [0.2, 0.25) is 0 Å². The van der Waals surface area contributed by atoms with Crippen LogP contribution in [0.15, 0.2) is 18.2 Å². The molecule has 2 rings (SSSR count). The van der Waals surface area contributed by atoms with Crippen molar-refractivity contribution in [2.75, 3.05) is 11.9 Å². The topological polar surface area (TPSA) is 12.0 Å². The van der Waals surface area contributed by atoms with Crippen molar-refractivity contribution in [3.63, 3.8) is 0 Å². The zero-order chi connectivity index (χ0) is 9.47. The van der Waals surface area contributed by atoms with Crippen LogP contribution in [-0.2, 0) is 11.6 Å². The molecule has 1 atom stereocenters. The first-order valence-corrected chi connectivity index (χ1v) is 5.31. The zero-order valence-electron chi connectivity index (χ0n) is 8.22. The van der Waals surface area contributed by atoms with Gasteiger partial charge in [-0.3, -0.25) is 0 Å². The molecule has 0 amide bonds. The molecule has 0 saturated heterocycles. The molecule has 1 aromatic rings. The maximum absolute atomic E-state index is 3.37. The molecular formula is C11H16NP. The number of benzene rings is 1. The van der Waals surface area contributed by atoms with Gasteiger partial charge in [0.2, 0.25) is 0 Å². The highest BCUT2D eigenvalue weighted by molar-refractivity contribution is 7.18. The van der Waals surface area contributed by atoms with Crippen molar-refractivity contribution in [1.29, 1.82) is 0 Å². The maximum atomic E-state index is 3.37. The standard InChI is InChI=1S/C11H16NP/c1-11(2,13)9-3-4-10-8(7-9)5-6-12-10/h3-4,7,12H,5-6,13H2,1-2H3. The van der Waals surface area contributed by atoms with E-state index in [9.17, 15) is 0 Å². The Morgan fingerprint density at radius 2 is 2.15 bits per heavy atom. The molecular weight excluding hydrogens is 177 g/mol. The Labute approximate surface area is 82.1 Å². The molecule has 0 radical (unpaired) electrons. The summed E-state index contributed by atoms with van der Waals surface area (Å²) in [5, 5.41) is 3.56. The fourth-order valence-electron chi connectivity index (χ4n) is 1.71. The number of nitrogens with one attached hydrogen (secondary N) is 1. The molecule has 1 nitrogen and oxygen atoms in total. The van der Waals surface area contributed by atoms with E-state index in [0.717, 1.165) is 6.54 Å². The van der Waals surface area contributed by atoms with Crippen molar-refractivity contribution < 1.29 is 0 Å². The van der Waals surface area contributed by atoms with Crippen molar-refractivity contribution >= 4 is 14.9 Å². The lowest BCUT2D eigenvalue weighted by molar-refractivity contribution is 0.782. The van der Waals surface area contributed by atoms with Crippen LogP contribution in [0.1, 0.15) is 25.0 Å². The molecule has 1 aliphatic rings. The smallest absolute Gasteiger partial charge is 0.0373 e. The molecule has 1 aliphatic heterocycles. The van der Waals surface area contributed by atoms with Crippen LogP contribution >= 0.6 is 9.24 Å². The van der Waals surface area contributed by atoms with Crippen LogP contribution in [0.5, 0.6) is 0 Å². The molecule has 2 heteroatoms. The summed E-state index contributed by atoms with van der Waals surface area (Å²) in [6.45, 7) is 5.54. The van der Waals surface area contributed by atoms with Gasteiger partial charge in [-0.25, -0.2) is 0 Å². The largest absolute Gasteiger partial charge is 0.384 e. The second-order valence-corrected chi connectivity index (χ2v) is 5.71. The van der Waals surface area contributed by atoms with Crippen molar-refractivity contribution in [3.8, 4) is 0 Å². The minimum atomic E-state index is 0.192.